The van der Waals surface area contributed by atoms with Crippen molar-refractivity contribution >= 4 is 23.5 Å². The topological polar surface area (TPSA) is 84.2 Å². The molecule has 4 N–H and O–H groups in total. The van der Waals surface area contributed by atoms with Crippen molar-refractivity contribution in [3.63, 3.8) is 0 Å². The van der Waals surface area contributed by atoms with Gasteiger partial charge >= 0.3 is 6.03 Å². The van der Waals surface area contributed by atoms with Gasteiger partial charge in [-0.05, 0) is 30.2 Å². The molecular formula is C17H18ClN3O2. The van der Waals surface area contributed by atoms with E-state index in [0.29, 0.717) is 5.02 Å². The Morgan fingerprint density at radius 3 is 2.17 bits per heavy atom. The van der Waals surface area contributed by atoms with Crippen molar-refractivity contribution in [1.29, 1.82) is 0 Å². The molecule has 23 heavy (non-hydrogen) atoms. The number of rotatable bonds is 5. The number of amides is 3. The first-order chi connectivity index (χ1) is 11.0. The second-order valence-corrected chi connectivity index (χ2v) is 5.57. The van der Waals surface area contributed by atoms with Crippen LogP contribution in [-0.4, -0.2) is 11.9 Å². The average molecular weight is 332 g/mol. The smallest absolute Gasteiger partial charge is 0.318 e. The van der Waals surface area contributed by atoms with Gasteiger partial charge < -0.3 is 5.73 Å². The van der Waals surface area contributed by atoms with E-state index in [0.717, 1.165) is 11.1 Å². The van der Waals surface area contributed by atoms with Crippen molar-refractivity contribution in [3.8, 4) is 0 Å². The summed E-state index contributed by atoms with van der Waals surface area (Å²) in [5.74, 6) is -0.496. The fraction of sp³-hybridized carbons (Fsp3) is 0.176. The molecule has 0 aliphatic carbocycles. The predicted octanol–water partition coefficient (Wildman–Crippen LogP) is 2.93. The number of halogens is 1. The van der Waals surface area contributed by atoms with E-state index in [9.17, 15) is 9.59 Å². The van der Waals surface area contributed by atoms with Crippen LogP contribution in [0.25, 0.3) is 0 Å². The highest BCUT2D eigenvalue weighted by Gasteiger charge is 2.23. The van der Waals surface area contributed by atoms with E-state index >= 15 is 0 Å². The van der Waals surface area contributed by atoms with Crippen molar-refractivity contribution < 1.29 is 9.59 Å². The third-order valence-corrected chi connectivity index (χ3v) is 3.68. The van der Waals surface area contributed by atoms with Crippen LogP contribution < -0.4 is 16.4 Å². The van der Waals surface area contributed by atoms with Gasteiger partial charge in [0, 0.05) is 11.1 Å². The molecule has 120 valence electrons. The number of carbonyl (C=O) groups is 2. The van der Waals surface area contributed by atoms with Gasteiger partial charge in [-0.25, -0.2) is 4.79 Å². The van der Waals surface area contributed by atoms with Crippen LogP contribution in [0.15, 0.2) is 54.6 Å². The molecule has 0 bridgehead atoms. The van der Waals surface area contributed by atoms with Gasteiger partial charge in [0.25, 0.3) is 0 Å². The third kappa shape index (κ3) is 4.81. The Balaban J connectivity index is 2.21. The lowest BCUT2D eigenvalue weighted by molar-refractivity contribution is -0.122. The molecule has 2 aromatic carbocycles. The molecular weight excluding hydrogens is 314 g/mol. The first-order valence-corrected chi connectivity index (χ1v) is 7.52. The van der Waals surface area contributed by atoms with Crippen LogP contribution in [0.3, 0.4) is 0 Å². The molecule has 2 rings (SSSR count). The lowest BCUT2D eigenvalue weighted by atomic mass is 10.0. The lowest BCUT2D eigenvalue weighted by Crippen LogP contribution is -2.43. The van der Waals surface area contributed by atoms with E-state index in [4.69, 9.17) is 17.3 Å². The highest BCUT2D eigenvalue weighted by Crippen LogP contribution is 2.21. The average Bonchev–Trinajstić information content (AvgIpc) is 2.53. The minimum absolute atomic E-state index is 0.129. The summed E-state index contributed by atoms with van der Waals surface area (Å²) in [6.07, 6.45) is 0. The Bertz CT molecular complexity index is 674. The summed E-state index contributed by atoms with van der Waals surface area (Å²) in [4.78, 5) is 23.3. The summed E-state index contributed by atoms with van der Waals surface area (Å²) >= 11 is 5.89. The van der Waals surface area contributed by atoms with Crippen LogP contribution in [0.2, 0.25) is 5.02 Å². The number of nitrogens with two attached hydrogens (primary N) is 1. The molecule has 0 aliphatic heterocycles. The van der Waals surface area contributed by atoms with E-state index in [1.165, 1.54) is 0 Å². The van der Waals surface area contributed by atoms with E-state index < -0.39 is 18.0 Å². The van der Waals surface area contributed by atoms with Gasteiger partial charge in [0.15, 0.2) is 0 Å². The maximum absolute atomic E-state index is 12.3. The van der Waals surface area contributed by atoms with E-state index in [-0.39, 0.29) is 6.04 Å². The molecule has 0 fully saturated rings. The van der Waals surface area contributed by atoms with Crippen molar-refractivity contribution in [2.75, 3.05) is 0 Å². The molecule has 0 heterocycles. The highest BCUT2D eigenvalue weighted by molar-refractivity contribution is 6.30. The fourth-order valence-electron chi connectivity index (χ4n) is 2.26. The number of imide groups is 1. The largest absolute Gasteiger partial charge is 0.351 e. The molecule has 2 atom stereocenters. The number of hydrogen-bond acceptors (Lipinski definition) is 3. The van der Waals surface area contributed by atoms with Crippen LogP contribution >= 0.6 is 11.6 Å². The van der Waals surface area contributed by atoms with E-state index in [1.807, 2.05) is 49.4 Å². The first-order valence-electron chi connectivity index (χ1n) is 7.14. The maximum Gasteiger partial charge on any atom is 0.318 e. The van der Waals surface area contributed by atoms with E-state index in [2.05, 4.69) is 10.6 Å². The number of hydrogen-bond donors (Lipinski definition) is 3. The van der Waals surface area contributed by atoms with Crippen LogP contribution in [0.1, 0.15) is 30.1 Å². The molecule has 0 aromatic heterocycles. The highest BCUT2D eigenvalue weighted by atomic mass is 35.5. The van der Waals surface area contributed by atoms with Crippen LogP contribution in [0.4, 0.5) is 4.79 Å². The summed E-state index contributed by atoms with van der Waals surface area (Å²) < 4.78 is 0. The van der Waals surface area contributed by atoms with Crippen molar-refractivity contribution in [2.24, 2.45) is 5.73 Å². The molecule has 0 unspecified atom stereocenters. The van der Waals surface area contributed by atoms with Crippen LogP contribution in [-0.2, 0) is 4.79 Å². The number of carbonyl (C=O) groups excluding carboxylic acids is 2. The molecule has 5 nitrogen and oxygen atoms in total. The van der Waals surface area contributed by atoms with Crippen molar-refractivity contribution in [3.05, 3.63) is 70.7 Å². The van der Waals surface area contributed by atoms with Gasteiger partial charge in [-0.2, -0.15) is 0 Å². The van der Waals surface area contributed by atoms with Gasteiger partial charge in [0.1, 0.15) is 6.04 Å². The molecule has 3 amide bonds. The Hall–Kier alpha value is -2.37. The van der Waals surface area contributed by atoms with Crippen molar-refractivity contribution in [2.45, 2.75) is 19.0 Å². The maximum atomic E-state index is 12.3. The van der Waals surface area contributed by atoms with Crippen LogP contribution in [0, 0.1) is 0 Å². The third-order valence-electron chi connectivity index (χ3n) is 3.43. The molecule has 6 heteroatoms. The minimum Gasteiger partial charge on any atom is -0.351 e. The Labute approximate surface area is 139 Å². The van der Waals surface area contributed by atoms with Gasteiger partial charge in [0.2, 0.25) is 5.91 Å². The second kappa shape index (κ2) is 7.76. The van der Waals surface area contributed by atoms with E-state index in [1.54, 1.807) is 12.1 Å². The lowest BCUT2D eigenvalue weighted by Gasteiger charge is -2.23. The Morgan fingerprint density at radius 2 is 1.61 bits per heavy atom. The van der Waals surface area contributed by atoms with Gasteiger partial charge in [0.05, 0.1) is 0 Å². The summed E-state index contributed by atoms with van der Waals surface area (Å²) in [5, 5.41) is 5.98. The summed E-state index contributed by atoms with van der Waals surface area (Å²) in [7, 11) is 0. The molecule has 0 saturated heterocycles. The molecule has 0 spiro atoms. The number of nitrogens with one attached hydrogen (secondary N) is 2. The zero-order valence-electron chi connectivity index (χ0n) is 12.6. The first kappa shape index (κ1) is 17.0. The fourth-order valence-corrected chi connectivity index (χ4v) is 2.39. The number of urea groups is 1. The SMILES string of the molecule is C[C@H](N[C@H](C(=O)NC(N)=O)c1ccccc1)c1ccc(Cl)cc1. The molecule has 0 radical (unpaired) electrons. The zero-order chi connectivity index (χ0) is 16.8. The summed E-state index contributed by atoms with van der Waals surface area (Å²) in [6, 6.07) is 14.8. The standard InChI is InChI=1S/C17H18ClN3O2/c1-11(12-7-9-14(18)10-8-12)20-15(16(22)21-17(19)23)13-5-3-2-4-6-13/h2-11,15,20H,1H3,(H3,19,21,22,23)/t11-,15-/m0/s1. The van der Waals surface area contributed by atoms with Gasteiger partial charge in [-0.1, -0.05) is 54.1 Å². The summed E-state index contributed by atoms with van der Waals surface area (Å²) in [5.41, 5.74) is 6.77. The van der Waals surface area contributed by atoms with Crippen molar-refractivity contribution in [1.82, 2.24) is 10.6 Å². The zero-order valence-corrected chi connectivity index (χ0v) is 13.4. The molecule has 0 aliphatic rings. The van der Waals surface area contributed by atoms with Gasteiger partial charge in [-0.15, -0.1) is 0 Å². The number of primary amides is 1. The number of benzene rings is 2. The quantitative estimate of drug-likeness (QED) is 0.787. The minimum atomic E-state index is -0.878. The Morgan fingerprint density at radius 1 is 1.00 bits per heavy atom. The van der Waals surface area contributed by atoms with Crippen LogP contribution in [0.5, 0.6) is 0 Å². The Kier molecular flexibility index (Phi) is 5.73. The van der Waals surface area contributed by atoms with Gasteiger partial charge in [-0.3, -0.25) is 15.4 Å². The monoisotopic (exact) mass is 331 g/mol. The predicted molar refractivity (Wildman–Crippen MR) is 89.9 cm³/mol. The molecule has 0 saturated carbocycles. The normalized spacial score (nSPS) is 13.1. The summed E-state index contributed by atoms with van der Waals surface area (Å²) in [6.45, 7) is 1.93. The molecule has 2 aromatic rings. The second-order valence-electron chi connectivity index (χ2n) is 5.14.